The summed E-state index contributed by atoms with van der Waals surface area (Å²) >= 11 is 1.03. The van der Waals surface area contributed by atoms with Gasteiger partial charge in [-0.3, -0.25) is 0 Å². The van der Waals surface area contributed by atoms with Gasteiger partial charge in [0.1, 0.15) is 5.75 Å². The van der Waals surface area contributed by atoms with Gasteiger partial charge in [0.05, 0.1) is 16.9 Å². The summed E-state index contributed by atoms with van der Waals surface area (Å²) in [7, 11) is 1.50. The molecule has 0 unspecified atom stereocenters. The molecule has 0 aliphatic rings. The summed E-state index contributed by atoms with van der Waals surface area (Å²) in [6.07, 6.45) is 1.77. The fraction of sp³-hybridized carbons (Fsp3) is 0.0625. The van der Waals surface area contributed by atoms with Crippen molar-refractivity contribution in [3.05, 3.63) is 59.7 Å². The first-order chi connectivity index (χ1) is 10.5. The predicted molar refractivity (Wildman–Crippen MR) is 80.1 cm³/mol. The Morgan fingerprint density at radius 2 is 1.86 bits per heavy atom. The maximum absolute atomic E-state index is 14.1. The van der Waals surface area contributed by atoms with Gasteiger partial charge in [0.2, 0.25) is 0 Å². The molecule has 3 nitrogen and oxygen atoms in total. The van der Waals surface area contributed by atoms with Crippen LogP contribution in [0.1, 0.15) is 5.56 Å². The molecule has 0 aliphatic carbocycles. The normalized spacial score (nSPS) is 10.9. The summed E-state index contributed by atoms with van der Waals surface area (Å²) in [4.78, 5) is 11.2. The van der Waals surface area contributed by atoms with E-state index in [1.807, 2.05) is 0 Å². The summed E-state index contributed by atoms with van der Waals surface area (Å²) < 4.78 is 33.2. The van der Waals surface area contributed by atoms with Crippen LogP contribution in [0, 0.1) is 11.6 Å². The van der Waals surface area contributed by atoms with Gasteiger partial charge in [0.25, 0.3) is 0 Å². The van der Waals surface area contributed by atoms with Crippen LogP contribution in [0.25, 0.3) is 6.08 Å². The number of methoxy groups -OCH3 is 1. The molecule has 114 valence electrons. The Labute approximate surface area is 130 Å². The van der Waals surface area contributed by atoms with E-state index in [2.05, 4.69) is 0 Å². The van der Waals surface area contributed by atoms with Crippen molar-refractivity contribution in [2.45, 2.75) is 9.79 Å². The van der Waals surface area contributed by atoms with Gasteiger partial charge < -0.3 is 9.84 Å². The number of carbonyl (C=O) groups is 1. The predicted octanol–water partition coefficient (Wildman–Crippen LogP) is 4.22. The van der Waals surface area contributed by atoms with Crippen LogP contribution < -0.4 is 4.74 Å². The van der Waals surface area contributed by atoms with Crippen molar-refractivity contribution in [2.75, 3.05) is 7.11 Å². The Kier molecular flexibility index (Phi) is 5.16. The highest BCUT2D eigenvalue weighted by Crippen LogP contribution is 2.37. The molecule has 0 spiro atoms. The maximum Gasteiger partial charge on any atom is 0.328 e. The highest BCUT2D eigenvalue weighted by Gasteiger charge is 2.14. The van der Waals surface area contributed by atoms with E-state index in [1.165, 1.54) is 19.2 Å². The number of ether oxygens (including phenoxy) is 1. The van der Waals surface area contributed by atoms with Gasteiger partial charge >= 0.3 is 5.97 Å². The third kappa shape index (κ3) is 3.65. The van der Waals surface area contributed by atoms with E-state index in [0.29, 0.717) is 10.6 Å². The van der Waals surface area contributed by atoms with Gasteiger partial charge in [0, 0.05) is 11.6 Å². The third-order valence-corrected chi connectivity index (χ3v) is 3.86. The van der Waals surface area contributed by atoms with Crippen LogP contribution in [0.2, 0.25) is 0 Å². The van der Waals surface area contributed by atoms with E-state index in [4.69, 9.17) is 9.84 Å². The second-order valence-corrected chi connectivity index (χ2v) is 5.29. The number of hydrogen-bond acceptors (Lipinski definition) is 3. The fourth-order valence-electron chi connectivity index (χ4n) is 1.74. The van der Waals surface area contributed by atoms with E-state index in [-0.39, 0.29) is 10.5 Å². The van der Waals surface area contributed by atoms with Crippen molar-refractivity contribution in [1.82, 2.24) is 0 Å². The Balaban J connectivity index is 2.33. The van der Waals surface area contributed by atoms with Crippen LogP contribution >= 0.6 is 11.8 Å². The number of halogens is 2. The highest BCUT2D eigenvalue weighted by molar-refractivity contribution is 7.99. The molecule has 2 rings (SSSR count). The van der Waals surface area contributed by atoms with Gasteiger partial charge in [0.15, 0.2) is 11.6 Å². The minimum atomic E-state index is -1.23. The molecule has 0 heterocycles. The van der Waals surface area contributed by atoms with E-state index >= 15 is 0 Å². The Morgan fingerprint density at radius 3 is 2.55 bits per heavy atom. The second-order valence-electron chi connectivity index (χ2n) is 4.21. The number of hydrogen-bond donors (Lipinski definition) is 1. The lowest BCUT2D eigenvalue weighted by Crippen LogP contribution is -1.94. The third-order valence-electron chi connectivity index (χ3n) is 2.77. The van der Waals surface area contributed by atoms with Crippen molar-refractivity contribution in [2.24, 2.45) is 0 Å². The number of aliphatic carboxylic acids is 1. The molecule has 2 aromatic rings. The minimum absolute atomic E-state index is 0.0921. The average molecular weight is 322 g/mol. The van der Waals surface area contributed by atoms with Crippen LogP contribution in [-0.4, -0.2) is 18.2 Å². The molecule has 0 saturated heterocycles. The molecule has 0 aromatic heterocycles. The van der Waals surface area contributed by atoms with Crippen LogP contribution in [0.4, 0.5) is 8.78 Å². The molecule has 6 heteroatoms. The summed E-state index contributed by atoms with van der Waals surface area (Å²) in [6.45, 7) is 0. The van der Waals surface area contributed by atoms with Gasteiger partial charge in [-0.15, -0.1) is 0 Å². The molecule has 0 fully saturated rings. The van der Waals surface area contributed by atoms with Gasteiger partial charge in [-0.1, -0.05) is 30.0 Å². The lowest BCUT2D eigenvalue weighted by atomic mass is 10.2. The molecule has 0 atom stereocenters. The van der Waals surface area contributed by atoms with E-state index in [9.17, 15) is 13.6 Å². The molecule has 0 saturated carbocycles. The number of carboxylic acids is 1. The Bertz CT molecular complexity index is 729. The average Bonchev–Trinajstić information content (AvgIpc) is 2.51. The van der Waals surface area contributed by atoms with Gasteiger partial charge in [-0.05, 0) is 24.3 Å². The Morgan fingerprint density at radius 1 is 1.14 bits per heavy atom. The topological polar surface area (TPSA) is 46.5 Å². The SMILES string of the molecule is COc1ccccc1Sc1ccc(/C=C/C(=O)O)c(F)c1F. The van der Waals surface area contributed by atoms with Crippen molar-refractivity contribution < 1.29 is 23.4 Å². The second kappa shape index (κ2) is 7.09. The zero-order valence-corrected chi connectivity index (χ0v) is 12.4. The number of benzene rings is 2. The van der Waals surface area contributed by atoms with Gasteiger partial charge in [-0.25, -0.2) is 13.6 Å². The molecule has 0 amide bonds. The number of para-hydroxylation sites is 1. The zero-order chi connectivity index (χ0) is 16.1. The minimum Gasteiger partial charge on any atom is -0.496 e. The van der Waals surface area contributed by atoms with Crippen molar-refractivity contribution in [3.8, 4) is 5.75 Å². The summed E-state index contributed by atoms with van der Waals surface area (Å²) in [5.41, 5.74) is -0.121. The van der Waals surface area contributed by atoms with Gasteiger partial charge in [-0.2, -0.15) is 0 Å². The summed E-state index contributed by atoms with van der Waals surface area (Å²) in [5, 5.41) is 8.52. The molecule has 1 N–H and O–H groups in total. The Hall–Kier alpha value is -2.34. The number of carboxylic acid groups (broad SMARTS) is 1. The lowest BCUT2D eigenvalue weighted by molar-refractivity contribution is -0.131. The van der Waals surface area contributed by atoms with Crippen LogP contribution in [0.3, 0.4) is 0 Å². The largest absolute Gasteiger partial charge is 0.496 e. The smallest absolute Gasteiger partial charge is 0.328 e. The molecular formula is C16H12F2O3S. The molecule has 2 aromatic carbocycles. The van der Waals surface area contributed by atoms with E-state index in [1.54, 1.807) is 24.3 Å². The first-order valence-electron chi connectivity index (χ1n) is 6.23. The molecule has 0 radical (unpaired) electrons. The summed E-state index contributed by atoms with van der Waals surface area (Å²) in [6, 6.07) is 9.73. The standard InChI is InChI=1S/C16H12F2O3S/c1-21-11-4-2-3-5-12(11)22-13-8-6-10(7-9-14(19)20)15(17)16(13)18/h2-9H,1H3,(H,19,20)/b9-7+. The molecular weight excluding hydrogens is 310 g/mol. The van der Waals surface area contributed by atoms with Crippen LogP contribution in [0.5, 0.6) is 5.75 Å². The van der Waals surface area contributed by atoms with Crippen molar-refractivity contribution >= 4 is 23.8 Å². The van der Waals surface area contributed by atoms with E-state index in [0.717, 1.165) is 23.9 Å². The maximum atomic E-state index is 14.1. The molecule has 0 bridgehead atoms. The number of rotatable bonds is 5. The fourth-order valence-corrected chi connectivity index (χ4v) is 2.69. The van der Waals surface area contributed by atoms with E-state index < -0.39 is 17.6 Å². The van der Waals surface area contributed by atoms with Crippen LogP contribution in [0.15, 0.2) is 52.3 Å². The van der Waals surface area contributed by atoms with Crippen molar-refractivity contribution in [3.63, 3.8) is 0 Å². The van der Waals surface area contributed by atoms with Crippen molar-refractivity contribution in [1.29, 1.82) is 0 Å². The first kappa shape index (κ1) is 16.0. The quantitative estimate of drug-likeness (QED) is 0.837. The first-order valence-corrected chi connectivity index (χ1v) is 7.04. The summed E-state index contributed by atoms with van der Waals surface area (Å²) in [5.74, 6) is -2.78. The highest BCUT2D eigenvalue weighted by atomic mass is 32.2. The zero-order valence-electron chi connectivity index (χ0n) is 11.5. The lowest BCUT2D eigenvalue weighted by Gasteiger charge is -2.09. The molecule has 22 heavy (non-hydrogen) atoms. The molecule has 0 aliphatic heterocycles. The monoisotopic (exact) mass is 322 g/mol. The van der Waals surface area contributed by atoms with Crippen LogP contribution in [-0.2, 0) is 4.79 Å².